The summed E-state index contributed by atoms with van der Waals surface area (Å²) < 4.78 is 10.4. The number of carbonyl (C=O) groups is 1. The molecule has 0 saturated carbocycles. The maximum absolute atomic E-state index is 11.8. The van der Waals surface area contributed by atoms with Crippen molar-refractivity contribution < 1.29 is 13.9 Å². The summed E-state index contributed by atoms with van der Waals surface area (Å²) in [5.41, 5.74) is 1.96. The van der Waals surface area contributed by atoms with E-state index < -0.39 is 0 Å². The van der Waals surface area contributed by atoms with Crippen LogP contribution in [0.1, 0.15) is 16.9 Å². The highest BCUT2D eigenvalue weighted by Gasteiger charge is 2.12. The fraction of sp³-hybridized carbons (Fsp3) is 0.267. The van der Waals surface area contributed by atoms with Gasteiger partial charge in [0.25, 0.3) is 0 Å². The Balaban J connectivity index is 1.84. The van der Waals surface area contributed by atoms with Crippen LogP contribution in [-0.2, 0) is 17.9 Å². The molecule has 0 bridgehead atoms. The monoisotopic (exact) mass is 259 g/mol. The van der Waals surface area contributed by atoms with Crippen LogP contribution in [0.4, 0.5) is 4.79 Å². The zero-order valence-corrected chi connectivity index (χ0v) is 11.1. The Hall–Kier alpha value is -2.23. The summed E-state index contributed by atoms with van der Waals surface area (Å²) in [7, 11) is 1.71. The molecular formula is C15H17NO3. The first-order valence-corrected chi connectivity index (χ1v) is 6.11. The normalized spacial score (nSPS) is 10.2. The van der Waals surface area contributed by atoms with Gasteiger partial charge in [-0.2, -0.15) is 0 Å². The van der Waals surface area contributed by atoms with Gasteiger partial charge in [-0.15, -0.1) is 0 Å². The van der Waals surface area contributed by atoms with E-state index in [0.29, 0.717) is 6.54 Å². The van der Waals surface area contributed by atoms with Gasteiger partial charge in [-0.05, 0) is 18.6 Å². The van der Waals surface area contributed by atoms with Crippen LogP contribution in [0, 0.1) is 6.92 Å². The van der Waals surface area contributed by atoms with Crippen LogP contribution in [0.15, 0.2) is 47.1 Å². The molecule has 0 N–H and O–H groups in total. The number of aryl methyl sites for hydroxylation is 1. The van der Waals surface area contributed by atoms with Gasteiger partial charge in [0.1, 0.15) is 12.4 Å². The zero-order valence-electron chi connectivity index (χ0n) is 11.1. The van der Waals surface area contributed by atoms with Gasteiger partial charge in [-0.1, -0.05) is 30.3 Å². The molecule has 100 valence electrons. The number of ether oxygens (including phenoxy) is 1. The summed E-state index contributed by atoms with van der Waals surface area (Å²) in [4.78, 5) is 13.4. The van der Waals surface area contributed by atoms with Crippen LogP contribution in [-0.4, -0.2) is 18.0 Å². The van der Waals surface area contributed by atoms with Crippen molar-refractivity contribution in [1.29, 1.82) is 0 Å². The molecule has 1 aromatic carbocycles. The minimum Gasteiger partial charge on any atom is -0.469 e. The lowest BCUT2D eigenvalue weighted by Gasteiger charge is -2.16. The number of carbonyl (C=O) groups excluding carboxylic acids is 1. The first-order chi connectivity index (χ1) is 9.16. The van der Waals surface area contributed by atoms with Crippen molar-refractivity contribution in [3.05, 3.63) is 59.5 Å². The maximum atomic E-state index is 11.8. The number of hydrogen-bond acceptors (Lipinski definition) is 3. The number of hydrogen-bond donors (Lipinski definition) is 0. The summed E-state index contributed by atoms with van der Waals surface area (Å²) in [5.74, 6) is 0.822. The molecule has 2 aromatic rings. The molecule has 0 aliphatic rings. The van der Waals surface area contributed by atoms with Crippen molar-refractivity contribution in [2.24, 2.45) is 0 Å². The highest BCUT2D eigenvalue weighted by molar-refractivity contribution is 5.67. The van der Waals surface area contributed by atoms with E-state index >= 15 is 0 Å². The zero-order chi connectivity index (χ0) is 13.7. The molecule has 0 aliphatic heterocycles. The Morgan fingerprint density at radius 2 is 2.00 bits per heavy atom. The Kier molecular flexibility index (Phi) is 4.23. The predicted molar refractivity (Wildman–Crippen MR) is 71.5 cm³/mol. The molecule has 0 saturated heterocycles. The number of rotatable bonds is 4. The van der Waals surface area contributed by atoms with Crippen molar-refractivity contribution >= 4 is 6.09 Å². The van der Waals surface area contributed by atoms with Gasteiger partial charge in [-0.25, -0.2) is 4.79 Å². The summed E-state index contributed by atoms with van der Waals surface area (Å²) >= 11 is 0. The van der Waals surface area contributed by atoms with Crippen LogP contribution in [0.25, 0.3) is 0 Å². The smallest absolute Gasteiger partial charge is 0.410 e. The van der Waals surface area contributed by atoms with Gasteiger partial charge >= 0.3 is 6.09 Å². The lowest BCUT2D eigenvalue weighted by atomic mass is 10.2. The van der Waals surface area contributed by atoms with E-state index in [2.05, 4.69) is 0 Å². The standard InChI is InChI=1S/C15H17NO3/c1-12-14(8-9-18-12)10-16(2)15(17)19-11-13-6-4-3-5-7-13/h3-9H,10-11H2,1-2H3. The third-order valence-electron chi connectivity index (χ3n) is 2.89. The lowest BCUT2D eigenvalue weighted by molar-refractivity contribution is 0.102. The van der Waals surface area contributed by atoms with Gasteiger partial charge in [-0.3, -0.25) is 0 Å². The molecule has 1 heterocycles. The SMILES string of the molecule is Cc1occc1CN(C)C(=O)OCc1ccccc1. The molecule has 2 rings (SSSR count). The highest BCUT2D eigenvalue weighted by Crippen LogP contribution is 2.12. The van der Waals surface area contributed by atoms with E-state index in [0.717, 1.165) is 16.9 Å². The summed E-state index contributed by atoms with van der Waals surface area (Å²) in [6.45, 7) is 2.64. The molecule has 0 atom stereocenters. The Labute approximate surface area is 112 Å². The molecule has 4 heteroatoms. The average molecular weight is 259 g/mol. The van der Waals surface area contributed by atoms with Gasteiger partial charge in [0.15, 0.2) is 0 Å². The number of nitrogens with zero attached hydrogens (tertiary/aromatic N) is 1. The number of amides is 1. The van der Waals surface area contributed by atoms with E-state index in [1.165, 1.54) is 4.90 Å². The molecule has 0 radical (unpaired) electrons. The minimum absolute atomic E-state index is 0.286. The second-order valence-electron chi connectivity index (χ2n) is 4.40. The largest absolute Gasteiger partial charge is 0.469 e. The number of benzene rings is 1. The minimum atomic E-state index is -0.343. The molecule has 4 nitrogen and oxygen atoms in total. The van der Waals surface area contributed by atoms with E-state index in [1.54, 1.807) is 13.3 Å². The maximum Gasteiger partial charge on any atom is 0.410 e. The quantitative estimate of drug-likeness (QED) is 0.845. The lowest BCUT2D eigenvalue weighted by Crippen LogP contribution is -2.26. The molecule has 0 unspecified atom stereocenters. The van der Waals surface area contributed by atoms with Crippen LogP contribution in [0.3, 0.4) is 0 Å². The first-order valence-electron chi connectivity index (χ1n) is 6.11. The topological polar surface area (TPSA) is 42.7 Å². The van der Waals surface area contributed by atoms with E-state index in [9.17, 15) is 4.79 Å². The second-order valence-corrected chi connectivity index (χ2v) is 4.40. The average Bonchev–Trinajstić information content (AvgIpc) is 2.82. The van der Waals surface area contributed by atoms with Gasteiger partial charge in [0.2, 0.25) is 0 Å². The summed E-state index contributed by atoms with van der Waals surface area (Å²) in [6, 6.07) is 11.5. The van der Waals surface area contributed by atoms with Crippen LogP contribution < -0.4 is 0 Å². The van der Waals surface area contributed by atoms with Crippen LogP contribution in [0.2, 0.25) is 0 Å². The third kappa shape index (κ3) is 3.61. The second kappa shape index (κ2) is 6.09. The first kappa shape index (κ1) is 13.2. The van der Waals surface area contributed by atoms with Crippen molar-refractivity contribution in [1.82, 2.24) is 4.90 Å². The van der Waals surface area contributed by atoms with Crippen LogP contribution >= 0.6 is 0 Å². The molecular weight excluding hydrogens is 242 g/mol. The third-order valence-corrected chi connectivity index (χ3v) is 2.89. The van der Waals surface area contributed by atoms with Gasteiger partial charge in [0, 0.05) is 12.6 Å². The van der Waals surface area contributed by atoms with Crippen molar-refractivity contribution in [3.63, 3.8) is 0 Å². The molecule has 1 amide bonds. The Morgan fingerprint density at radius 3 is 2.63 bits per heavy atom. The summed E-state index contributed by atoms with van der Waals surface area (Å²) in [6.07, 6.45) is 1.28. The molecule has 0 fully saturated rings. The van der Waals surface area contributed by atoms with Crippen molar-refractivity contribution in [2.45, 2.75) is 20.1 Å². The van der Waals surface area contributed by atoms with Gasteiger partial charge in [0.05, 0.1) is 12.8 Å². The Bertz CT molecular complexity index is 533. The molecule has 1 aromatic heterocycles. The Morgan fingerprint density at radius 1 is 1.26 bits per heavy atom. The van der Waals surface area contributed by atoms with E-state index in [1.807, 2.05) is 43.3 Å². The fourth-order valence-electron chi connectivity index (χ4n) is 1.72. The summed E-state index contributed by atoms with van der Waals surface area (Å²) in [5, 5.41) is 0. The predicted octanol–water partition coefficient (Wildman–Crippen LogP) is 3.36. The van der Waals surface area contributed by atoms with Crippen molar-refractivity contribution in [2.75, 3.05) is 7.05 Å². The molecule has 0 spiro atoms. The number of furan rings is 1. The van der Waals surface area contributed by atoms with Gasteiger partial charge < -0.3 is 14.1 Å². The molecule has 19 heavy (non-hydrogen) atoms. The van der Waals surface area contributed by atoms with Crippen molar-refractivity contribution in [3.8, 4) is 0 Å². The van der Waals surface area contributed by atoms with E-state index in [4.69, 9.17) is 9.15 Å². The molecule has 0 aliphatic carbocycles. The van der Waals surface area contributed by atoms with E-state index in [-0.39, 0.29) is 12.7 Å². The van der Waals surface area contributed by atoms with Crippen LogP contribution in [0.5, 0.6) is 0 Å². The highest BCUT2D eigenvalue weighted by atomic mass is 16.6. The fourth-order valence-corrected chi connectivity index (χ4v) is 1.72.